The van der Waals surface area contributed by atoms with Crippen molar-refractivity contribution < 1.29 is 0 Å². The quantitative estimate of drug-likeness (QED) is 0.581. The van der Waals surface area contributed by atoms with Crippen molar-refractivity contribution in [2.24, 2.45) is 5.84 Å². The van der Waals surface area contributed by atoms with Gasteiger partial charge in [0.2, 0.25) is 0 Å². The fourth-order valence-corrected chi connectivity index (χ4v) is 3.09. The zero-order chi connectivity index (χ0) is 12.5. The highest BCUT2D eigenvalue weighted by atomic mass is 15.3. The average molecular weight is 248 g/mol. The minimum atomic E-state index is 0.697. The van der Waals surface area contributed by atoms with Crippen LogP contribution in [-0.4, -0.2) is 47.1 Å². The third kappa shape index (κ3) is 1.91. The molecule has 1 atom stereocenters. The summed E-state index contributed by atoms with van der Waals surface area (Å²) in [4.78, 5) is 13.5. The molecule has 1 aromatic rings. The van der Waals surface area contributed by atoms with E-state index in [-0.39, 0.29) is 0 Å². The Morgan fingerprint density at radius 3 is 3.06 bits per heavy atom. The van der Waals surface area contributed by atoms with Crippen LogP contribution in [-0.2, 0) is 0 Å². The first-order valence-electron chi connectivity index (χ1n) is 6.57. The molecule has 0 amide bonds. The molecular formula is C12H20N6. The number of hydrazine groups is 1. The summed E-state index contributed by atoms with van der Waals surface area (Å²) in [5.74, 6) is 7.20. The Labute approximate surface area is 107 Å². The van der Waals surface area contributed by atoms with Crippen LogP contribution in [0.3, 0.4) is 0 Å². The van der Waals surface area contributed by atoms with E-state index in [1.54, 1.807) is 6.33 Å². The van der Waals surface area contributed by atoms with Gasteiger partial charge in [0.25, 0.3) is 0 Å². The van der Waals surface area contributed by atoms with Gasteiger partial charge in [-0.15, -0.1) is 0 Å². The molecule has 1 unspecified atom stereocenters. The van der Waals surface area contributed by atoms with Crippen LogP contribution >= 0.6 is 0 Å². The Morgan fingerprint density at radius 1 is 1.33 bits per heavy atom. The number of hydrogen-bond acceptors (Lipinski definition) is 6. The van der Waals surface area contributed by atoms with Crippen LogP contribution < -0.4 is 16.2 Å². The molecule has 18 heavy (non-hydrogen) atoms. The van der Waals surface area contributed by atoms with E-state index in [2.05, 4.69) is 25.2 Å². The minimum Gasteiger partial charge on any atom is -0.353 e. The molecule has 0 aromatic carbocycles. The topological polar surface area (TPSA) is 70.3 Å². The van der Waals surface area contributed by atoms with Crippen molar-refractivity contribution >= 4 is 11.6 Å². The number of nitrogens with zero attached hydrogens (tertiary/aromatic N) is 4. The van der Waals surface area contributed by atoms with Gasteiger partial charge in [-0.3, -0.25) is 4.90 Å². The summed E-state index contributed by atoms with van der Waals surface area (Å²) in [5.41, 5.74) is 3.67. The highest BCUT2D eigenvalue weighted by Crippen LogP contribution is 2.27. The van der Waals surface area contributed by atoms with E-state index in [0.717, 1.165) is 31.0 Å². The molecular weight excluding hydrogens is 228 g/mol. The van der Waals surface area contributed by atoms with Crippen molar-refractivity contribution in [3.8, 4) is 0 Å². The van der Waals surface area contributed by atoms with Gasteiger partial charge in [-0.05, 0) is 26.3 Å². The van der Waals surface area contributed by atoms with Crippen LogP contribution in [0.15, 0.2) is 6.33 Å². The number of rotatable bonds is 2. The van der Waals surface area contributed by atoms with E-state index >= 15 is 0 Å². The number of hydrogen-bond donors (Lipinski definition) is 2. The lowest BCUT2D eigenvalue weighted by molar-refractivity contribution is 0.230. The van der Waals surface area contributed by atoms with Crippen molar-refractivity contribution in [3.05, 3.63) is 11.9 Å². The van der Waals surface area contributed by atoms with E-state index in [0.29, 0.717) is 11.9 Å². The predicted octanol–water partition coefficient (Wildman–Crippen LogP) is 0.355. The molecule has 0 aliphatic carbocycles. The van der Waals surface area contributed by atoms with Crippen LogP contribution in [0.5, 0.6) is 0 Å². The van der Waals surface area contributed by atoms with E-state index in [4.69, 9.17) is 5.84 Å². The Bertz CT molecular complexity index is 435. The van der Waals surface area contributed by atoms with Crippen LogP contribution in [0, 0.1) is 6.92 Å². The molecule has 1 aromatic heterocycles. The summed E-state index contributed by atoms with van der Waals surface area (Å²) >= 11 is 0. The van der Waals surface area contributed by atoms with Crippen molar-refractivity contribution in [3.63, 3.8) is 0 Å². The van der Waals surface area contributed by atoms with Gasteiger partial charge in [0.15, 0.2) is 0 Å². The molecule has 3 rings (SSSR count). The van der Waals surface area contributed by atoms with Crippen LogP contribution in [0.4, 0.5) is 11.6 Å². The van der Waals surface area contributed by atoms with Gasteiger partial charge in [-0.25, -0.2) is 15.8 Å². The Morgan fingerprint density at radius 2 is 2.22 bits per heavy atom. The first kappa shape index (κ1) is 11.7. The number of piperazine rings is 1. The second kappa shape index (κ2) is 4.70. The average Bonchev–Trinajstić information content (AvgIpc) is 2.86. The van der Waals surface area contributed by atoms with Gasteiger partial charge in [-0.1, -0.05) is 0 Å². The molecule has 2 saturated heterocycles. The van der Waals surface area contributed by atoms with E-state index in [1.165, 1.54) is 19.4 Å². The lowest BCUT2D eigenvalue weighted by Gasteiger charge is -2.38. The molecule has 2 fully saturated rings. The van der Waals surface area contributed by atoms with Crippen LogP contribution in [0.25, 0.3) is 0 Å². The van der Waals surface area contributed by atoms with Crippen LogP contribution in [0.1, 0.15) is 18.4 Å². The smallest absolute Gasteiger partial charge is 0.148 e. The first-order valence-corrected chi connectivity index (χ1v) is 6.57. The molecule has 3 N–H and O–H groups in total. The molecule has 6 nitrogen and oxygen atoms in total. The Hall–Kier alpha value is -1.40. The van der Waals surface area contributed by atoms with E-state index in [1.807, 2.05) is 6.92 Å². The maximum absolute atomic E-state index is 5.47. The lowest BCUT2D eigenvalue weighted by atomic mass is 10.1. The summed E-state index contributed by atoms with van der Waals surface area (Å²) in [6.07, 6.45) is 4.22. The number of nitrogen functional groups attached to an aromatic ring is 1. The third-order valence-electron chi connectivity index (χ3n) is 4.08. The Kier molecular flexibility index (Phi) is 3.05. The zero-order valence-corrected chi connectivity index (χ0v) is 10.8. The van der Waals surface area contributed by atoms with E-state index in [9.17, 15) is 0 Å². The standard InChI is InChI=1S/C12H20N6/c1-9-11(16-13)14-8-15-12(9)18-6-5-17-4-2-3-10(17)7-18/h8,10H,2-7,13H2,1H3,(H,14,15,16). The normalized spacial score (nSPS) is 24.1. The van der Waals surface area contributed by atoms with Crippen molar-refractivity contribution in [1.82, 2.24) is 14.9 Å². The fourth-order valence-electron chi connectivity index (χ4n) is 3.09. The molecule has 0 saturated carbocycles. The maximum Gasteiger partial charge on any atom is 0.148 e. The van der Waals surface area contributed by atoms with Gasteiger partial charge in [0.1, 0.15) is 18.0 Å². The molecule has 98 valence electrons. The molecule has 3 heterocycles. The molecule has 0 bridgehead atoms. The second-order valence-corrected chi connectivity index (χ2v) is 5.09. The molecule has 6 heteroatoms. The third-order valence-corrected chi connectivity index (χ3v) is 4.08. The van der Waals surface area contributed by atoms with Crippen LogP contribution in [0.2, 0.25) is 0 Å². The highest BCUT2D eigenvalue weighted by molar-refractivity contribution is 5.57. The second-order valence-electron chi connectivity index (χ2n) is 5.09. The summed E-state index contributed by atoms with van der Waals surface area (Å²) in [5, 5.41) is 0. The van der Waals surface area contributed by atoms with Gasteiger partial charge in [0, 0.05) is 31.2 Å². The molecule has 2 aliphatic heterocycles. The molecule has 0 spiro atoms. The summed E-state index contributed by atoms with van der Waals surface area (Å²) in [7, 11) is 0. The predicted molar refractivity (Wildman–Crippen MR) is 71.4 cm³/mol. The van der Waals surface area contributed by atoms with Crippen molar-refractivity contribution in [2.45, 2.75) is 25.8 Å². The number of nitrogens with two attached hydrogens (primary N) is 1. The van der Waals surface area contributed by atoms with Gasteiger partial charge < -0.3 is 10.3 Å². The van der Waals surface area contributed by atoms with Gasteiger partial charge >= 0.3 is 0 Å². The summed E-state index contributed by atoms with van der Waals surface area (Å²) in [6, 6.07) is 0.697. The maximum atomic E-state index is 5.47. The van der Waals surface area contributed by atoms with Crippen molar-refractivity contribution in [2.75, 3.05) is 36.5 Å². The minimum absolute atomic E-state index is 0.697. The molecule has 2 aliphatic rings. The molecule has 0 radical (unpaired) electrons. The summed E-state index contributed by atoms with van der Waals surface area (Å²) in [6.45, 7) is 6.53. The number of aromatic nitrogens is 2. The lowest BCUT2D eigenvalue weighted by Crippen LogP contribution is -2.50. The van der Waals surface area contributed by atoms with E-state index < -0.39 is 0 Å². The fraction of sp³-hybridized carbons (Fsp3) is 0.667. The SMILES string of the molecule is Cc1c(NN)ncnc1N1CCN2CCCC2C1. The van der Waals surface area contributed by atoms with Gasteiger partial charge in [0.05, 0.1) is 0 Å². The monoisotopic (exact) mass is 248 g/mol. The zero-order valence-electron chi connectivity index (χ0n) is 10.8. The largest absolute Gasteiger partial charge is 0.353 e. The first-order chi connectivity index (χ1) is 8.79. The van der Waals surface area contributed by atoms with Gasteiger partial charge in [-0.2, -0.15) is 0 Å². The highest BCUT2D eigenvalue weighted by Gasteiger charge is 2.31. The number of nitrogens with one attached hydrogen (secondary N) is 1. The Balaban J connectivity index is 1.82. The van der Waals surface area contributed by atoms with Crippen molar-refractivity contribution in [1.29, 1.82) is 0 Å². The number of anilines is 2. The number of fused-ring (bicyclic) bond motifs is 1. The summed E-state index contributed by atoms with van der Waals surface area (Å²) < 4.78 is 0.